The fraction of sp³-hybridized carbons (Fsp3) is 0.304. The van der Waals surface area contributed by atoms with E-state index in [0.717, 1.165) is 59.1 Å². The van der Waals surface area contributed by atoms with Gasteiger partial charge in [0.1, 0.15) is 6.04 Å². The van der Waals surface area contributed by atoms with Gasteiger partial charge in [-0.05, 0) is 63.4 Å². The van der Waals surface area contributed by atoms with Crippen molar-refractivity contribution >= 4 is 23.0 Å². The number of fused-ring (bicyclic) bond motifs is 1. The number of carbonyl (C=O) groups is 1. The Morgan fingerprint density at radius 1 is 1.14 bits per heavy atom. The van der Waals surface area contributed by atoms with Crippen LogP contribution in [0.3, 0.4) is 0 Å². The standard InChI is InChI=1S/C23H27N5O/c1-15-22(16(2)28(26-15)18-9-5-4-6-10-18)25-23(29)17(3)27-14-8-11-19-20(24)12-7-13-21(19)27/h4-7,9-10,12-13,17H,8,11,14,24H2,1-3H3,(H,25,29). The van der Waals surface area contributed by atoms with Gasteiger partial charge in [-0.3, -0.25) is 4.79 Å². The average molecular weight is 390 g/mol. The van der Waals surface area contributed by atoms with Crippen molar-refractivity contribution in [2.45, 2.75) is 39.7 Å². The lowest BCUT2D eigenvalue weighted by Gasteiger charge is -2.36. The van der Waals surface area contributed by atoms with E-state index in [-0.39, 0.29) is 11.9 Å². The first-order chi connectivity index (χ1) is 14.0. The molecule has 0 saturated heterocycles. The SMILES string of the molecule is Cc1nn(-c2ccccc2)c(C)c1NC(=O)C(C)N1CCCc2c(N)cccc21. The Kier molecular flexibility index (Phi) is 5.01. The maximum absolute atomic E-state index is 13.1. The number of nitrogens with zero attached hydrogens (tertiary/aromatic N) is 3. The third-order valence-corrected chi connectivity index (χ3v) is 5.71. The molecule has 3 aromatic rings. The first-order valence-corrected chi connectivity index (χ1v) is 10.0. The zero-order valence-corrected chi connectivity index (χ0v) is 17.1. The van der Waals surface area contributed by atoms with Crippen molar-refractivity contribution in [3.63, 3.8) is 0 Å². The third-order valence-electron chi connectivity index (χ3n) is 5.71. The quantitative estimate of drug-likeness (QED) is 0.665. The highest BCUT2D eigenvalue weighted by Gasteiger charge is 2.28. The summed E-state index contributed by atoms with van der Waals surface area (Å²) >= 11 is 0. The van der Waals surface area contributed by atoms with Crippen LogP contribution in [-0.4, -0.2) is 28.3 Å². The summed E-state index contributed by atoms with van der Waals surface area (Å²) in [4.78, 5) is 15.3. The molecule has 1 aliphatic rings. The number of aryl methyl sites for hydroxylation is 1. The molecule has 1 aromatic heterocycles. The van der Waals surface area contributed by atoms with Crippen molar-refractivity contribution in [3.8, 4) is 5.69 Å². The van der Waals surface area contributed by atoms with Crippen molar-refractivity contribution in [2.75, 3.05) is 22.5 Å². The van der Waals surface area contributed by atoms with Crippen LogP contribution in [0.5, 0.6) is 0 Å². The van der Waals surface area contributed by atoms with Gasteiger partial charge in [0.25, 0.3) is 0 Å². The van der Waals surface area contributed by atoms with Gasteiger partial charge < -0.3 is 16.0 Å². The molecule has 2 aromatic carbocycles. The van der Waals surface area contributed by atoms with Gasteiger partial charge in [0, 0.05) is 17.9 Å². The van der Waals surface area contributed by atoms with Crippen LogP contribution in [-0.2, 0) is 11.2 Å². The zero-order valence-electron chi connectivity index (χ0n) is 17.1. The van der Waals surface area contributed by atoms with Gasteiger partial charge in [-0.25, -0.2) is 4.68 Å². The Morgan fingerprint density at radius 3 is 2.66 bits per heavy atom. The summed E-state index contributed by atoms with van der Waals surface area (Å²) in [6.45, 7) is 6.68. The Morgan fingerprint density at radius 2 is 1.90 bits per heavy atom. The molecular weight excluding hydrogens is 362 g/mol. The molecule has 3 N–H and O–H groups in total. The number of hydrogen-bond donors (Lipinski definition) is 2. The number of anilines is 3. The van der Waals surface area contributed by atoms with E-state index < -0.39 is 0 Å². The smallest absolute Gasteiger partial charge is 0.246 e. The molecule has 29 heavy (non-hydrogen) atoms. The molecular formula is C23H27N5O. The second-order valence-electron chi connectivity index (χ2n) is 7.60. The highest BCUT2D eigenvalue weighted by atomic mass is 16.2. The Labute approximate surface area is 171 Å². The minimum Gasteiger partial charge on any atom is -0.398 e. The molecule has 1 atom stereocenters. The predicted molar refractivity (Wildman–Crippen MR) is 118 cm³/mol. The number of nitrogens with two attached hydrogens (primary N) is 1. The fourth-order valence-corrected chi connectivity index (χ4v) is 4.10. The zero-order chi connectivity index (χ0) is 20.5. The Balaban J connectivity index is 1.58. The molecule has 1 amide bonds. The van der Waals surface area contributed by atoms with E-state index in [4.69, 9.17) is 5.73 Å². The van der Waals surface area contributed by atoms with Crippen LogP contribution in [0.2, 0.25) is 0 Å². The highest BCUT2D eigenvalue weighted by Crippen LogP contribution is 2.33. The van der Waals surface area contributed by atoms with Crippen LogP contribution in [0.15, 0.2) is 48.5 Å². The van der Waals surface area contributed by atoms with Gasteiger partial charge in [-0.1, -0.05) is 24.3 Å². The number of benzene rings is 2. The van der Waals surface area contributed by atoms with Gasteiger partial charge in [0.05, 0.1) is 22.8 Å². The molecule has 150 valence electrons. The van der Waals surface area contributed by atoms with E-state index in [1.807, 2.05) is 67.9 Å². The number of hydrogen-bond acceptors (Lipinski definition) is 4. The van der Waals surface area contributed by atoms with Crippen molar-refractivity contribution in [1.29, 1.82) is 0 Å². The molecule has 6 nitrogen and oxygen atoms in total. The van der Waals surface area contributed by atoms with E-state index in [9.17, 15) is 4.79 Å². The van der Waals surface area contributed by atoms with Crippen LogP contribution in [0.1, 0.15) is 30.3 Å². The van der Waals surface area contributed by atoms with Gasteiger partial charge >= 0.3 is 0 Å². The van der Waals surface area contributed by atoms with Crippen LogP contribution in [0, 0.1) is 13.8 Å². The summed E-state index contributed by atoms with van der Waals surface area (Å²) < 4.78 is 1.87. The van der Waals surface area contributed by atoms with E-state index >= 15 is 0 Å². The number of para-hydroxylation sites is 1. The van der Waals surface area contributed by atoms with E-state index in [0.29, 0.717) is 0 Å². The molecule has 1 aliphatic heterocycles. The lowest BCUT2D eigenvalue weighted by molar-refractivity contribution is -0.117. The van der Waals surface area contributed by atoms with E-state index in [1.54, 1.807) is 0 Å². The molecule has 0 saturated carbocycles. The molecule has 2 heterocycles. The van der Waals surface area contributed by atoms with Crippen LogP contribution >= 0.6 is 0 Å². The van der Waals surface area contributed by atoms with Gasteiger partial charge in [0.15, 0.2) is 0 Å². The van der Waals surface area contributed by atoms with Crippen LogP contribution in [0.4, 0.5) is 17.1 Å². The van der Waals surface area contributed by atoms with Gasteiger partial charge in [0.2, 0.25) is 5.91 Å². The molecule has 0 fully saturated rings. The second kappa shape index (κ2) is 7.62. The first kappa shape index (κ1) is 19.1. The van der Waals surface area contributed by atoms with Crippen LogP contribution < -0.4 is 16.0 Å². The number of aromatic nitrogens is 2. The number of amides is 1. The minimum absolute atomic E-state index is 0.0425. The first-order valence-electron chi connectivity index (χ1n) is 10.0. The van der Waals surface area contributed by atoms with Crippen molar-refractivity contribution in [2.24, 2.45) is 0 Å². The predicted octanol–water partition coefficient (Wildman–Crippen LogP) is 3.85. The topological polar surface area (TPSA) is 76.2 Å². The maximum atomic E-state index is 13.1. The third kappa shape index (κ3) is 3.46. The molecule has 0 bridgehead atoms. The lowest BCUT2D eigenvalue weighted by atomic mass is 9.98. The molecule has 6 heteroatoms. The second-order valence-corrected chi connectivity index (χ2v) is 7.60. The number of rotatable bonds is 4. The largest absolute Gasteiger partial charge is 0.398 e. The van der Waals surface area contributed by atoms with Crippen molar-refractivity contribution in [1.82, 2.24) is 9.78 Å². The Hall–Kier alpha value is -3.28. The summed E-state index contributed by atoms with van der Waals surface area (Å²) in [5, 5.41) is 7.74. The summed E-state index contributed by atoms with van der Waals surface area (Å²) in [7, 11) is 0. The van der Waals surface area contributed by atoms with E-state index in [2.05, 4.69) is 21.4 Å². The monoisotopic (exact) mass is 389 g/mol. The van der Waals surface area contributed by atoms with Crippen molar-refractivity contribution in [3.05, 3.63) is 65.5 Å². The molecule has 0 radical (unpaired) electrons. The summed E-state index contributed by atoms with van der Waals surface area (Å²) in [6, 6.07) is 15.6. The highest BCUT2D eigenvalue weighted by molar-refractivity contribution is 5.98. The van der Waals surface area contributed by atoms with Gasteiger partial charge in [-0.15, -0.1) is 0 Å². The number of nitrogens with one attached hydrogen (secondary N) is 1. The summed E-state index contributed by atoms with van der Waals surface area (Å²) in [6.07, 6.45) is 1.94. The molecule has 4 rings (SSSR count). The fourth-order valence-electron chi connectivity index (χ4n) is 4.10. The molecule has 0 aliphatic carbocycles. The van der Waals surface area contributed by atoms with Gasteiger partial charge in [-0.2, -0.15) is 5.10 Å². The molecule has 0 spiro atoms. The summed E-state index contributed by atoms with van der Waals surface area (Å²) in [5.41, 5.74) is 12.6. The minimum atomic E-state index is -0.310. The number of nitrogen functional groups attached to an aromatic ring is 1. The lowest BCUT2D eigenvalue weighted by Crippen LogP contribution is -2.45. The maximum Gasteiger partial charge on any atom is 0.246 e. The van der Waals surface area contributed by atoms with Crippen LogP contribution in [0.25, 0.3) is 5.69 Å². The molecule has 1 unspecified atom stereocenters. The number of carbonyl (C=O) groups excluding carboxylic acids is 1. The van der Waals surface area contributed by atoms with E-state index in [1.165, 1.54) is 0 Å². The van der Waals surface area contributed by atoms with Crippen molar-refractivity contribution < 1.29 is 4.79 Å². The average Bonchev–Trinajstić information content (AvgIpc) is 3.02. The normalized spacial score (nSPS) is 14.4. The Bertz CT molecular complexity index is 1040. The summed E-state index contributed by atoms with van der Waals surface area (Å²) in [5.74, 6) is -0.0425.